The summed E-state index contributed by atoms with van der Waals surface area (Å²) in [5.74, 6) is -1.20. The minimum absolute atomic E-state index is 0.0153. The molecule has 0 unspecified atom stereocenters. The summed E-state index contributed by atoms with van der Waals surface area (Å²) < 4.78 is 14.2. The Balaban J connectivity index is 2.28. The van der Waals surface area contributed by atoms with Crippen LogP contribution in [0.15, 0.2) is 42.5 Å². The van der Waals surface area contributed by atoms with Gasteiger partial charge in [-0.2, -0.15) is 0 Å². The zero-order valence-electron chi connectivity index (χ0n) is 16.7. The Kier molecular flexibility index (Phi) is 8.47. The molecule has 0 aliphatic rings. The van der Waals surface area contributed by atoms with Crippen molar-refractivity contribution in [1.82, 2.24) is 10.2 Å². The zero-order valence-corrected chi connectivity index (χ0v) is 18.2. The topological polar surface area (TPSA) is 49.4 Å². The second-order valence-corrected chi connectivity index (χ2v) is 7.86. The van der Waals surface area contributed by atoms with Crippen molar-refractivity contribution < 1.29 is 14.0 Å². The molecule has 156 valence electrons. The molecule has 4 nitrogen and oxygen atoms in total. The van der Waals surface area contributed by atoms with Crippen LogP contribution in [0.2, 0.25) is 10.0 Å². The second-order valence-electron chi connectivity index (χ2n) is 7.02. The van der Waals surface area contributed by atoms with Gasteiger partial charge in [0.2, 0.25) is 11.8 Å². The van der Waals surface area contributed by atoms with Crippen LogP contribution >= 0.6 is 23.2 Å². The van der Waals surface area contributed by atoms with E-state index in [0.717, 1.165) is 12.0 Å². The van der Waals surface area contributed by atoms with Gasteiger partial charge >= 0.3 is 0 Å². The number of rotatable bonds is 8. The highest BCUT2D eigenvalue weighted by molar-refractivity contribution is 6.31. The lowest BCUT2D eigenvalue weighted by Gasteiger charge is -2.30. The maximum absolute atomic E-state index is 14.2. The van der Waals surface area contributed by atoms with Crippen molar-refractivity contribution >= 4 is 35.0 Å². The molecular formula is C22H25Cl2FN2O2. The van der Waals surface area contributed by atoms with Crippen molar-refractivity contribution in [3.05, 3.63) is 69.5 Å². The Morgan fingerprint density at radius 3 is 2.34 bits per heavy atom. The summed E-state index contributed by atoms with van der Waals surface area (Å²) >= 11 is 12.0. The van der Waals surface area contributed by atoms with Gasteiger partial charge in [-0.3, -0.25) is 9.59 Å². The standard InChI is InChI=1S/C22H25Cl2FN2O2/c1-4-14(2)26-22(29)15(3)27(13-16-8-10-17(23)11-9-16)21(28)12-18-19(24)6-5-7-20(18)25/h5-11,14-15H,4,12-13H2,1-3H3,(H,26,29)/t14-,15+/m0/s1. The summed E-state index contributed by atoms with van der Waals surface area (Å²) in [5.41, 5.74) is 0.931. The van der Waals surface area contributed by atoms with E-state index in [-0.39, 0.29) is 35.5 Å². The van der Waals surface area contributed by atoms with Crippen LogP contribution in [0, 0.1) is 5.82 Å². The molecule has 29 heavy (non-hydrogen) atoms. The molecule has 2 aromatic rings. The molecule has 7 heteroatoms. The normalized spacial score (nSPS) is 12.9. The molecule has 0 spiro atoms. The first-order valence-corrected chi connectivity index (χ1v) is 10.3. The monoisotopic (exact) mass is 438 g/mol. The Bertz CT molecular complexity index is 838. The van der Waals surface area contributed by atoms with Gasteiger partial charge in [0.25, 0.3) is 0 Å². The first-order chi connectivity index (χ1) is 13.7. The lowest BCUT2D eigenvalue weighted by atomic mass is 10.1. The quantitative estimate of drug-likeness (QED) is 0.629. The molecule has 2 aromatic carbocycles. The predicted octanol–water partition coefficient (Wildman–Crippen LogP) is 5.01. The van der Waals surface area contributed by atoms with Crippen LogP contribution in [-0.4, -0.2) is 28.8 Å². The summed E-state index contributed by atoms with van der Waals surface area (Å²) in [6.07, 6.45) is 0.536. The summed E-state index contributed by atoms with van der Waals surface area (Å²) in [4.78, 5) is 27.2. The van der Waals surface area contributed by atoms with Crippen LogP contribution in [0.3, 0.4) is 0 Å². The number of nitrogens with zero attached hydrogens (tertiary/aromatic N) is 1. The molecule has 2 amide bonds. The van der Waals surface area contributed by atoms with E-state index in [0.29, 0.717) is 5.02 Å². The molecule has 0 saturated carbocycles. The highest BCUT2D eigenvalue weighted by atomic mass is 35.5. The van der Waals surface area contributed by atoms with Crippen molar-refractivity contribution in [2.24, 2.45) is 0 Å². The van der Waals surface area contributed by atoms with Gasteiger partial charge in [0.1, 0.15) is 11.9 Å². The molecule has 0 aromatic heterocycles. The molecule has 0 heterocycles. The average molecular weight is 439 g/mol. The zero-order chi connectivity index (χ0) is 21.6. The third-order valence-electron chi connectivity index (χ3n) is 4.82. The van der Waals surface area contributed by atoms with Crippen LogP contribution in [0.1, 0.15) is 38.3 Å². The summed E-state index contributed by atoms with van der Waals surface area (Å²) in [7, 11) is 0. The van der Waals surface area contributed by atoms with Crippen LogP contribution in [0.5, 0.6) is 0 Å². The number of halogens is 3. The number of benzene rings is 2. The molecule has 0 saturated heterocycles. The summed E-state index contributed by atoms with van der Waals surface area (Å²) in [6.45, 7) is 5.72. The van der Waals surface area contributed by atoms with Gasteiger partial charge in [0.15, 0.2) is 0 Å². The predicted molar refractivity (Wildman–Crippen MR) is 114 cm³/mol. The number of amides is 2. The van der Waals surface area contributed by atoms with Gasteiger partial charge in [0, 0.05) is 28.2 Å². The van der Waals surface area contributed by atoms with E-state index in [1.54, 1.807) is 31.2 Å². The van der Waals surface area contributed by atoms with Crippen LogP contribution < -0.4 is 5.32 Å². The fraction of sp³-hybridized carbons (Fsp3) is 0.364. The van der Waals surface area contributed by atoms with E-state index in [1.165, 1.54) is 23.1 Å². The Morgan fingerprint density at radius 2 is 1.76 bits per heavy atom. The number of hydrogen-bond donors (Lipinski definition) is 1. The Hall–Kier alpha value is -2.11. The highest BCUT2D eigenvalue weighted by Gasteiger charge is 2.28. The molecule has 1 N–H and O–H groups in total. The van der Waals surface area contributed by atoms with Gasteiger partial charge < -0.3 is 10.2 Å². The van der Waals surface area contributed by atoms with E-state index in [1.807, 2.05) is 13.8 Å². The van der Waals surface area contributed by atoms with Crippen molar-refractivity contribution in [2.45, 2.75) is 52.2 Å². The molecule has 0 fully saturated rings. The lowest BCUT2D eigenvalue weighted by Crippen LogP contribution is -2.50. The van der Waals surface area contributed by atoms with Crippen molar-refractivity contribution in [2.75, 3.05) is 0 Å². The lowest BCUT2D eigenvalue weighted by molar-refractivity contribution is -0.140. The Labute approximate surface area is 181 Å². The van der Waals surface area contributed by atoms with Gasteiger partial charge in [-0.15, -0.1) is 0 Å². The number of carbonyl (C=O) groups is 2. The van der Waals surface area contributed by atoms with Crippen molar-refractivity contribution in [3.8, 4) is 0 Å². The van der Waals surface area contributed by atoms with E-state index < -0.39 is 17.8 Å². The van der Waals surface area contributed by atoms with Gasteiger partial charge in [0.05, 0.1) is 6.42 Å². The number of carbonyl (C=O) groups excluding carboxylic acids is 2. The van der Waals surface area contributed by atoms with E-state index in [4.69, 9.17) is 23.2 Å². The average Bonchev–Trinajstić information content (AvgIpc) is 2.69. The fourth-order valence-electron chi connectivity index (χ4n) is 2.79. The van der Waals surface area contributed by atoms with Crippen molar-refractivity contribution in [3.63, 3.8) is 0 Å². The fourth-order valence-corrected chi connectivity index (χ4v) is 3.14. The smallest absolute Gasteiger partial charge is 0.242 e. The van der Waals surface area contributed by atoms with Crippen LogP contribution in [0.4, 0.5) is 4.39 Å². The molecular weight excluding hydrogens is 414 g/mol. The van der Waals surface area contributed by atoms with Gasteiger partial charge in [-0.25, -0.2) is 4.39 Å². The maximum Gasteiger partial charge on any atom is 0.242 e. The van der Waals surface area contributed by atoms with Gasteiger partial charge in [-0.1, -0.05) is 48.3 Å². The van der Waals surface area contributed by atoms with Gasteiger partial charge in [-0.05, 0) is 50.1 Å². The maximum atomic E-state index is 14.2. The van der Waals surface area contributed by atoms with Crippen molar-refractivity contribution in [1.29, 1.82) is 0 Å². The third kappa shape index (κ3) is 6.44. The first kappa shape index (κ1) is 23.2. The van der Waals surface area contributed by atoms with Crippen LogP contribution in [-0.2, 0) is 22.6 Å². The summed E-state index contributed by atoms with van der Waals surface area (Å²) in [6, 6.07) is 10.5. The Morgan fingerprint density at radius 1 is 1.10 bits per heavy atom. The minimum Gasteiger partial charge on any atom is -0.352 e. The largest absolute Gasteiger partial charge is 0.352 e. The number of hydrogen-bond acceptors (Lipinski definition) is 2. The van der Waals surface area contributed by atoms with E-state index >= 15 is 0 Å². The molecule has 0 aliphatic carbocycles. The molecule has 2 atom stereocenters. The van der Waals surface area contributed by atoms with Crippen LogP contribution in [0.25, 0.3) is 0 Å². The molecule has 2 rings (SSSR count). The van der Waals surface area contributed by atoms with E-state index in [2.05, 4.69) is 5.32 Å². The van der Waals surface area contributed by atoms with E-state index in [9.17, 15) is 14.0 Å². The number of nitrogens with one attached hydrogen (secondary N) is 1. The second kappa shape index (κ2) is 10.6. The first-order valence-electron chi connectivity index (χ1n) is 9.50. The summed E-state index contributed by atoms with van der Waals surface area (Å²) in [5, 5.41) is 3.65. The third-order valence-corrected chi connectivity index (χ3v) is 5.43. The SMILES string of the molecule is CC[C@H](C)NC(=O)[C@@H](C)N(Cc1ccc(Cl)cc1)C(=O)Cc1c(F)cccc1Cl. The molecule has 0 aliphatic heterocycles. The minimum atomic E-state index is -0.738. The molecule has 0 bridgehead atoms. The highest BCUT2D eigenvalue weighted by Crippen LogP contribution is 2.22. The molecule has 0 radical (unpaired) electrons.